The van der Waals surface area contributed by atoms with Crippen LogP contribution in [0.5, 0.6) is 0 Å². The molecule has 0 aromatic carbocycles. The SMILES string of the molecule is CCc1nn(C)c(CC(N)C2CN(C)CCCN2C)c1Br. The minimum absolute atomic E-state index is 0.118. The lowest BCUT2D eigenvalue weighted by Crippen LogP contribution is -2.51. The van der Waals surface area contributed by atoms with Gasteiger partial charge in [0.25, 0.3) is 0 Å². The van der Waals surface area contributed by atoms with Gasteiger partial charge in [-0.15, -0.1) is 0 Å². The third-order valence-corrected chi connectivity index (χ3v) is 5.46. The van der Waals surface area contributed by atoms with Crippen molar-refractivity contribution in [3.05, 3.63) is 15.9 Å². The molecule has 1 aromatic rings. The highest BCUT2D eigenvalue weighted by atomic mass is 79.9. The van der Waals surface area contributed by atoms with E-state index < -0.39 is 0 Å². The molecule has 2 heterocycles. The first-order valence-corrected chi connectivity index (χ1v) is 8.58. The second kappa shape index (κ2) is 7.22. The van der Waals surface area contributed by atoms with E-state index in [4.69, 9.17) is 5.73 Å². The van der Waals surface area contributed by atoms with Gasteiger partial charge in [0.2, 0.25) is 0 Å². The van der Waals surface area contributed by atoms with E-state index in [0.717, 1.165) is 42.6 Å². The number of halogens is 1. The van der Waals surface area contributed by atoms with Crippen LogP contribution < -0.4 is 5.73 Å². The summed E-state index contributed by atoms with van der Waals surface area (Å²) in [4.78, 5) is 4.81. The Balaban J connectivity index is 2.13. The average Bonchev–Trinajstić information content (AvgIpc) is 2.60. The Labute approximate surface area is 136 Å². The van der Waals surface area contributed by atoms with Gasteiger partial charge in [-0.05, 0) is 56.0 Å². The number of nitrogens with two attached hydrogens (primary N) is 1. The fraction of sp³-hybridized carbons (Fsp3) is 0.800. The number of hydrogen-bond acceptors (Lipinski definition) is 4. The van der Waals surface area contributed by atoms with Crippen LogP contribution in [-0.2, 0) is 19.9 Å². The molecule has 0 bridgehead atoms. The van der Waals surface area contributed by atoms with E-state index in [1.54, 1.807) is 0 Å². The highest BCUT2D eigenvalue weighted by Gasteiger charge is 2.28. The lowest BCUT2D eigenvalue weighted by atomic mass is 10.0. The Morgan fingerprint density at radius 3 is 2.67 bits per heavy atom. The van der Waals surface area contributed by atoms with Crippen LogP contribution in [0.4, 0.5) is 0 Å². The summed E-state index contributed by atoms with van der Waals surface area (Å²) in [5.41, 5.74) is 8.89. The lowest BCUT2D eigenvalue weighted by molar-refractivity contribution is 0.194. The van der Waals surface area contributed by atoms with E-state index in [1.165, 1.54) is 12.1 Å². The van der Waals surface area contributed by atoms with Gasteiger partial charge in [-0.3, -0.25) is 4.68 Å². The van der Waals surface area contributed by atoms with Crippen LogP contribution in [0.15, 0.2) is 4.47 Å². The monoisotopic (exact) mass is 357 g/mol. The minimum atomic E-state index is 0.118. The van der Waals surface area contributed by atoms with E-state index in [1.807, 2.05) is 11.7 Å². The number of aromatic nitrogens is 2. The van der Waals surface area contributed by atoms with Crippen molar-refractivity contribution in [2.75, 3.05) is 33.7 Å². The van der Waals surface area contributed by atoms with Crippen LogP contribution in [0.25, 0.3) is 0 Å². The highest BCUT2D eigenvalue weighted by Crippen LogP contribution is 2.24. The zero-order chi connectivity index (χ0) is 15.6. The Morgan fingerprint density at radius 1 is 1.33 bits per heavy atom. The summed E-state index contributed by atoms with van der Waals surface area (Å²) in [6.07, 6.45) is 3.01. The van der Waals surface area contributed by atoms with E-state index in [9.17, 15) is 0 Å². The number of rotatable bonds is 4. The van der Waals surface area contributed by atoms with Crippen LogP contribution in [0.2, 0.25) is 0 Å². The average molecular weight is 358 g/mol. The maximum atomic E-state index is 6.56. The lowest BCUT2D eigenvalue weighted by Gasteiger charge is -2.32. The number of aryl methyl sites for hydroxylation is 2. The Hall–Kier alpha value is -0.430. The molecule has 2 rings (SSSR count). The largest absolute Gasteiger partial charge is 0.326 e. The standard InChI is InChI=1S/C15H28BrN5/c1-5-12-15(16)13(21(4)18-12)9-11(17)14-10-19(2)7-6-8-20(14)3/h11,14H,5-10,17H2,1-4H3. The van der Waals surface area contributed by atoms with E-state index in [0.29, 0.717) is 6.04 Å². The molecule has 21 heavy (non-hydrogen) atoms. The molecule has 120 valence electrons. The van der Waals surface area contributed by atoms with Crippen LogP contribution in [0.1, 0.15) is 24.7 Å². The molecule has 2 N–H and O–H groups in total. The van der Waals surface area contributed by atoms with Crippen molar-refractivity contribution in [2.24, 2.45) is 12.8 Å². The minimum Gasteiger partial charge on any atom is -0.326 e. The predicted molar refractivity (Wildman–Crippen MR) is 90.5 cm³/mol. The molecule has 0 radical (unpaired) electrons. The quantitative estimate of drug-likeness (QED) is 0.880. The molecule has 6 heteroatoms. The normalized spacial score (nSPS) is 23.2. The van der Waals surface area contributed by atoms with Crippen molar-refractivity contribution >= 4 is 15.9 Å². The molecular formula is C15H28BrN5. The molecule has 1 aliphatic heterocycles. The van der Waals surface area contributed by atoms with E-state index in [-0.39, 0.29) is 6.04 Å². The Morgan fingerprint density at radius 2 is 2.05 bits per heavy atom. The molecular weight excluding hydrogens is 330 g/mol. The summed E-state index contributed by atoms with van der Waals surface area (Å²) in [5.74, 6) is 0. The summed E-state index contributed by atoms with van der Waals surface area (Å²) in [6, 6.07) is 0.510. The molecule has 0 saturated carbocycles. The van der Waals surface area contributed by atoms with Crippen molar-refractivity contribution in [3.8, 4) is 0 Å². The summed E-state index contributed by atoms with van der Waals surface area (Å²) in [7, 11) is 6.39. The second-order valence-electron chi connectivity index (χ2n) is 6.22. The topological polar surface area (TPSA) is 50.3 Å². The zero-order valence-electron chi connectivity index (χ0n) is 13.6. The molecule has 2 atom stereocenters. The molecule has 1 aromatic heterocycles. The van der Waals surface area contributed by atoms with Gasteiger partial charge in [0.05, 0.1) is 15.9 Å². The van der Waals surface area contributed by atoms with Gasteiger partial charge in [-0.1, -0.05) is 6.92 Å². The number of hydrogen-bond donors (Lipinski definition) is 1. The summed E-state index contributed by atoms with van der Waals surface area (Å²) in [6.45, 7) is 5.44. The third-order valence-electron chi connectivity index (χ3n) is 4.54. The molecule has 0 aliphatic carbocycles. The Bertz CT molecular complexity index is 473. The molecule has 1 aliphatic rings. The van der Waals surface area contributed by atoms with Crippen LogP contribution in [0.3, 0.4) is 0 Å². The van der Waals surface area contributed by atoms with Gasteiger partial charge >= 0.3 is 0 Å². The molecule has 0 spiro atoms. The van der Waals surface area contributed by atoms with Crippen LogP contribution >= 0.6 is 15.9 Å². The van der Waals surface area contributed by atoms with Crippen molar-refractivity contribution < 1.29 is 0 Å². The van der Waals surface area contributed by atoms with Crippen LogP contribution in [0, 0.1) is 0 Å². The first-order chi connectivity index (χ1) is 9.93. The molecule has 1 saturated heterocycles. The van der Waals surface area contributed by atoms with Gasteiger partial charge in [0.1, 0.15) is 0 Å². The van der Waals surface area contributed by atoms with Gasteiger partial charge < -0.3 is 15.5 Å². The third kappa shape index (κ3) is 3.86. The smallest absolute Gasteiger partial charge is 0.0766 e. The van der Waals surface area contributed by atoms with Crippen molar-refractivity contribution in [1.29, 1.82) is 0 Å². The van der Waals surface area contributed by atoms with Crippen molar-refractivity contribution in [1.82, 2.24) is 19.6 Å². The molecule has 2 unspecified atom stereocenters. The van der Waals surface area contributed by atoms with Gasteiger partial charge in [-0.2, -0.15) is 5.10 Å². The van der Waals surface area contributed by atoms with Crippen molar-refractivity contribution in [3.63, 3.8) is 0 Å². The van der Waals surface area contributed by atoms with Gasteiger partial charge in [0.15, 0.2) is 0 Å². The number of nitrogens with zero attached hydrogens (tertiary/aromatic N) is 4. The summed E-state index contributed by atoms with van der Waals surface area (Å²) >= 11 is 3.69. The summed E-state index contributed by atoms with van der Waals surface area (Å²) in [5, 5.41) is 4.57. The molecule has 0 amide bonds. The second-order valence-corrected chi connectivity index (χ2v) is 7.01. The van der Waals surface area contributed by atoms with Gasteiger partial charge in [0, 0.05) is 32.1 Å². The van der Waals surface area contributed by atoms with Gasteiger partial charge in [-0.25, -0.2) is 0 Å². The first-order valence-electron chi connectivity index (χ1n) is 7.78. The first kappa shape index (κ1) is 16.9. The number of likely N-dealkylation sites (N-methyl/N-ethyl adjacent to an activating group) is 2. The maximum Gasteiger partial charge on any atom is 0.0766 e. The van der Waals surface area contributed by atoms with Crippen LogP contribution in [-0.4, -0.2) is 65.4 Å². The fourth-order valence-corrected chi connectivity index (χ4v) is 3.95. The maximum absolute atomic E-state index is 6.56. The molecule has 1 fully saturated rings. The van der Waals surface area contributed by atoms with E-state index >= 15 is 0 Å². The predicted octanol–water partition coefficient (Wildman–Crippen LogP) is 1.25. The van der Waals surface area contributed by atoms with Crippen molar-refractivity contribution in [2.45, 2.75) is 38.3 Å². The van der Waals surface area contributed by atoms with E-state index in [2.05, 4.69) is 51.8 Å². The molecule has 5 nitrogen and oxygen atoms in total. The Kier molecular flexibility index (Phi) is 5.82. The highest BCUT2D eigenvalue weighted by molar-refractivity contribution is 9.10. The zero-order valence-corrected chi connectivity index (χ0v) is 15.2. The summed E-state index contributed by atoms with van der Waals surface area (Å²) < 4.78 is 3.11. The fourth-order valence-electron chi connectivity index (χ4n) is 3.17.